The van der Waals surface area contributed by atoms with Gasteiger partial charge in [-0.15, -0.1) is 0 Å². The summed E-state index contributed by atoms with van der Waals surface area (Å²) in [6, 6.07) is 9.07. The van der Waals surface area contributed by atoms with E-state index in [1.165, 1.54) is 0 Å². The average molecular weight is 290 g/mol. The van der Waals surface area contributed by atoms with Crippen LogP contribution in [0.1, 0.15) is 28.9 Å². The summed E-state index contributed by atoms with van der Waals surface area (Å²) in [6.45, 7) is 1.93. The number of amides is 1. The first-order chi connectivity index (χ1) is 9.61. The molecular formula is C15H16ClN3O. The number of nitrogens with one attached hydrogen (secondary N) is 2. The van der Waals surface area contributed by atoms with Gasteiger partial charge in [-0.2, -0.15) is 0 Å². The monoisotopic (exact) mass is 289 g/mol. The van der Waals surface area contributed by atoms with Crippen LogP contribution in [0, 0.1) is 0 Å². The van der Waals surface area contributed by atoms with Gasteiger partial charge in [0.2, 0.25) is 0 Å². The molecule has 2 N–H and O–H groups in total. The fraction of sp³-hybridized carbons (Fsp3) is 0.200. The van der Waals surface area contributed by atoms with Gasteiger partial charge in [0.25, 0.3) is 5.91 Å². The molecule has 104 valence electrons. The predicted molar refractivity (Wildman–Crippen MR) is 81.1 cm³/mol. The van der Waals surface area contributed by atoms with E-state index in [1.54, 1.807) is 25.5 Å². The molecule has 0 fully saturated rings. The molecule has 5 heteroatoms. The highest BCUT2D eigenvalue weighted by Gasteiger charge is 2.14. The zero-order valence-corrected chi connectivity index (χ0v) is 12.1. The van der Waals surface area contributed by atoms with Crippen molar-refractivity contribution in [2.24, 2.45) is 0 Å². The highest BCUT2D eigenvalue weighted by Crippen LogP contribution is 2.18. The van der Waals surface area contributed by atoms with Gasteiger partial charge in [-0.3, -0.25) is 9.78 Å². The Kier molecular flexibility index (Phi) is 4.58. The lowest BCUT2D eigenvalue weighted by atomic mass is 10.1. The van der Waals surface area contributed by atoms with E-state index in [-0.39, 0.29) is 11.9 Å². The van der Waals surface area contributed by atoms with Gasteiger partial charge in [-0.25, -0.2) is 0 Å². The van der Waals surface area contributed by atoms with E-state index in [9.17, 15) is 4.79 Å². The Bertz CT molecular complexity index is 598. The first-order valence-corrected chi connectivity index (χ1v) is 6.67. The number of anilines is 1. The summed E-state index contributed by atoms with van der Waals surface area (Å²) in [5.74, 6) is -0.162. The third-order valence-corrected chi connectivity index (χ3v) is 3.30. The van der Waals surface area contributed by atoms with Crippen molar-refractivity contribution in [3.05, 3.63) is 58.9 Å². The number of rotatable bonds is 4. The molecule has 0 aliphatic rings. The summed E-state index contributed by atoms with van der Waals surface area (Å²) in [5, 5.41) is 6.60. The van der Waals surface area contributed by atoms with Gasteiger partial charge in [0, 0.05) is 30.2 Å². The van der Waals surface area contributed by atoms with Crippen LogP contribution in [0.25, 0.3) is 0 Å². The van der Waals surface area contributed by atoms with Gasteiger partial charge in [0.05, 0.1) is 11.6 Å². The molecule has 0 aliphatic heterocycles. The van der Waals surface area contributed by atoms with Crippen molar-refractivity contribution >= 4 is 23.2 Å². The summed E-state index contributed by atoms with van der Waals surface area (Å²) in [5.41, 5.74) is 2.27. The first-order valence-electron chi connectivity index (χ1n) is 6.30. The second kappa shape index (κ2) is 6.39. The second-order valence-electron chi connectivity index (χ2n) is 4.42. The maximum Gasteiger partial charge on any atom is 0.255 e. The quantitative estimate of drug-likeness (QED) is 0.908. The SMILES string of the molecule is CNc1ccncc1C(=O)NC(C)c1ccc(Cl)cc1. The van der Waals surface area contributed by atoms with Gasteiger partial charge in [0.1, 0.15) is 0 Å². The molecule has 0 radical (unpaired) electrons. The number of aromatic nitrogens is 1. The van der Waals surface area contributed by atoms with Crippen LogP contribution in [0.5, 0.6) is 0 Å². The van der Waals surface area contributed by atoms with Crippen LogP contribution in [-0.2, 0) is 0 Å². The van der Waals surface area contributed by atoms with E-state index >= 15 is 0 Å². The van der Waals surface area contributed by atoms with Gasteiger partial charge in [-0.1, -0.05) is 23.7 Å². The van der Waals surface area contributed by atoms with Crippen LogP contribution < -0.4 is 10.6 Å². The number of hydrogen-bond acceptors (Lipinski definition) is 3. The third-order valence-electron chi connectivity index (χ3n) is 3.05. The lowest BCUT2D eigenvalue weighted by Gasteiger charge is -2.15. The van der Waals surface area contributed by atoms with E-state index in [0.717, 1.165) is 11.3 Å². The summed E-state index contributed by atoms with van der Waals surface area (Å²) in [6.07, 6.45) is 3.20. The summed E-state index contributed by atoms with van der Waals surface area (Å²) < 4.78 is 0. The van der Waals surface area contributed by atoms with Gasteiger partial charge in [0.15, 0.2) is 0 Å². The van der Waals surface area contributed by atoms with Crippen molar-refractivity contribution in [1.29, 1.82) is 0 Å². The third kappa shape index (κ3) is 3.27. The van der Waals surface area contributed by atoms with Crippen molar-refractivity contribution in [2.45, 2.75) is 13.0 Å². The Morgan fingerprint density at radius 2 is 1.95 bits per heavy atom. The van der Waals surface area contributed by atoms with Crippen molar-refractivity contribution in [2.75, 3.05) is 12.4 Å². The predicted octanol–water partition coefficient (Wildman–Crippen LogP) is 3.27. The normalized spacial score (nSPS) is 11.8. The van der Waals surface area contributed by atoms with Crippen LogP contribution in [0.15, 0.2) is 42.7 Å². The Balaban J connectivity index is 2.13. The standard InChI is InChI=1S/C15H16ClN3O/c1-10(11-3-5-12(16)6-4-11)19-15(20)13-9-18-8-7-14(13)17-2/h3-10H,1-2H3,(H,17,18)(H,19,20). The second-order valence-corrected chi connectivity index (χ2v) is 4.85. The first kappa shape index (κ1) is 14.3. The smallest absolute Gasteiger partial charge is 0.255 e. The molecular weight excluding hydrogens is 274 g/mol. The van der Waals surface area contributed by atoms with Gasteiger partial charge in [-0.05, 0) is 30.7 Å². The van der Waals surface area contributed by atoms with E-state index in [4.69, 9.17) is 11.6 Å². The minimum Gasteiger partial charge on any atom is -0.387 e. The van der Waals surface area contributed by atoms with Gasteiger partial charge < -0.3 is 10.6 Å². The number of halogens is 1. The topological polar surface area (TPSA) is 54.0 Å². The van der Waals surface area contributed by atoms with Crippen molar-refractivity contribution in [1.82, 2.24) is 10.3 Å². The maximum atomic E-state index is 12.3. The molecule has 0 spiro atoms. The molecule has 4 nitrogen and oxygen atoms in total. The van der Waals surface area contributed by atoms with Crippen LogP contribution in [-0.4, -0.2) is 17.9 Å². The molecule has 20 heavy (non-hydrogen) atoms. The van der Waals surface area contributed by atoms with E-state index in [0.29, 0.717) is 10.6 Å². The molecule has 1 aromatic carbocycles. The molecule has 0 saturated heterocycles. The van der Waals surface area contributed by atoms with E-state index < -0.39 is 0 Å². The van der Waals surface area contributed by atoms with E-state index in [2.05, 4.69) is 15.6 Å². The Hall–Kier alpha value is -2.07. The van der Waals surface area contributed by atoms with Crippen LogP contribution >= 0.6 is 11.6 Å². The van der Waals surface area contributed by atoms with Gasteiger partial charge >= 0.3 is 0 Å². The fourth-order valence-electron chi connectivity index (χ4n) is 1.90. The lowest BCUT2D eigenvalue weighted by molar-refractivity contribution is 0.0940. The van der Waals surface area contributed by atoms with Crippen LogP contribution in [0.2, 0.25) is 5.02 Å². The highest BCUT2D eigenvalue weighted by atomic mass is 35.5. The summed E-state index contributed by atoms with van der Waals surface area (Å²) >= 11 is 5.85. The zero-order valence-electron chi connectivity index (χ0n) is 11.4. The summed E-state index contributed by atoms with van der Waals surface area (Å²) in [7, 11) is 1.77. The summed E-state index contributed by atoms with van der Waals surface area (Å²) in [4.78, 5) is 16.2. The molecule has 1 atom stereocenters. The molecule has 1 heterocycles. The Morgan fingerprint density at radius 3 is 2.60 bits per heavy atom. The Labute approximate surface area is 123 Å². The number of carbonyl (C=O) groups is 1. The molecule has 2 rings (SSSR count). The number of carbonyl (C=O) groups excluding carboxylic acids is 1. The molecule has 1 amide bonds. The molecule has 0 saturated carbocycles. The number of benzene rings is 1. The molecule has 1 aromatic heterocycles. The van der Waals surface area contributed by atoms with Crippen LogP contribution in [0.3, 0.4) is 0 Å². The zero-order chi connectivity index (χ0) is 14.5. The number of nitrogens with zero attached hydrogens (tertiary/aromatic N) is 1. The largest absolute Gasteiger partial charge is 0.387 e. The van der Waals surface area contributed by atoms with Crippen molar-refractivity contribution in [3.63, 3.8) is 0 Å². The molecule has 1 unspecified atom stereocenters. The minimum atomic E-state index is -0.162. The van der Waals surface area contributed by atoms with E-state index in [1.807, 2.05) is 31.2 Å². The molecule has 0 aliphatic carbocycles. The fourth-order valence-corrected chi connectivity index (χ4v) is 2.03. The number of hydrogen-bond donors (Lipinski definition) is 2. The molecule has 2 aromatic rings. The van der Waals surface area contributed by atoms with Crippen LogP contribution in [0.4, 0.5) is 5.69 Å². The van der Waals surface area contributed by atoms with Crippen molar-refractivity contribution < 1.29 is 4.79 Å². The number of pyridine rings is 1. The maximum absolute atomic E-state index is 12.3. The Morgan fingerprint density at radius 1 is 1.25 bits per heavy atom. The highest BCUT2D eigenvalue weighted by molar-refractivity contribution is 6.30. The molecule has 0 bridgehead atoms. The minimum absolute atomic E-state index is 0.107. The average Bonchev–Trinajstić information content (AvgIpc) is 2.47. The van der Waals surface area contributed by atoms with Crippen molar-refractivity contribution in [3.8, 4) is 0 Å². The lowest BCUT2D eigenvalue weighted by Crippen LogP contribution is -2.27.